The topological polar surface area (TPSA) is 93.0 Å². The fourth-order valence-electron chi connectivity index (χ4n) is 1.41. The first-order valence-corrected chi connectivity index (χ1v) is 5.50. The summed E-state index contributed by atoms with van der Waals surface area (Å²) in [5, 5.41) is 2.70. The van der Waals surface area contributed by atoms with Crippen molar-refractivity contribution >= 4 is 11.6 Å². The van der Waals surface area contributed by atoms with Crippen LogP contribution in [-0.2, 0) is 0 Å². The van der Waals surface area contributed by atoms with Crippen molar-refractivity contribution in [1.29, 1.82) is 0 Å². The number of ether oxygens (including phenoxy) is 1. The number of imidazole rings is 1. The fraction of sp³-hybridized carbons (Fsp3) is 0.167. The zero-order chi connectivity index (χ0) is 12.8. The van der Waals surface area contributed by atoms with Gasteiger partial charge in [0, 0.05) is 11.8 Å². The number of aromatic amines is 1. The molecule has 2 rings (SSSR count). The van der Waals surface area contributed by atoms with E-state index in [-0.39, 0.29) is 5.91 Å². The van der Waals surface area contributed by atoms with Gasteiger partial charge in [0.05, 0.1) is 19.1 Å². The maximum atomic E-state index is 11.5. The summed E-state index contributed by atoms with van der Waals surface area (Å²) in [6.45, 7) is 0.788. The number of hydrogen-bond acceptors (Lipinski definition) is 4. The Labute approximate surface area is 104 Å². The molecule has 0 aliphatic rings. The number of carbonyl (C=O) groups is 1. The van der Waals surface area contributed by atoms with E-state index in [0.29, 0.717) is 30.3 Å². The van der Waals surface area contributed by atoms with Crippen molar-refractivity contribution in [1.82, 2.24) is 15.3 Å². The van der Waals surface area contributed by atoms with Gasteiger partial charge in [-0.2, -0.15) is 0 Å². The monoisotopic (exact) mass is 246 g/mol. The second-order valence-corrected chi connectivity index (χ2v) is 3.64. The van der Waals surface area contributed by atoms with Crippen molar-refractivity contribution in [2.45, 2.75) is 0 Å². The molecule has 0 spiro atoms. The molecule has 6 heteroatoms. The van der Waals surface area contributed by atoms with Crippen molar-refractivity contribution in [2.75, 3.05) is 18.9 Å². The zero-order valence-electron chi connectivity index (χ0n) is 9.72. The van der Waals surface area contributed by atoms with Crippen molar-refractivity contribution in [3.8, 4) is 5.75 Å². The van der Waals surface area contributed by atoms with Crippen LogP contribution in [0.15, 0.2) is 36.8 Å². The molecule has 0 saturated carbocycles. The van der Waals surface area contributed by atoms with E-state index in [1.807, 2.05) is 12.1 Å². The van der Waals surface area contributed by atoms with E-state index in [1.165, 1.54) is 12.5 Å². The second-order valence-electron chi connectivity index (χ2n) is 3.64. The molecule has 0 unspecified atom stereocenters. The molecule has 0 fully saturated rings. The van der Waals surface area contributed by atoms with Crippen LogP contribution in [0, 0.1) is 0 Å². The van der Waals surface area contributed by atoms with Crippen LogP contribution in [0.5, 0.6) is 5.75 Å². The summed E-state index contributed by atoms with van der Waals surface area (Å²) in [6, 6.07) is 7.14. The molecule has 0 bridgehead atoms. The highest BCUT2D eigenvalue weighted by Gasteiger charge is 2.05. The lowest BCUT2D eigenvalue weighted by Crippen LogP contribution is -2.28. The van der Waals surface area contributed by atoms with Crippen LogP contribution < -0.4 is 15.8 Å². The first kappa shape index (κ1) is 12.0. The molecule has 1 aromatic heterocycles. The van der Waals surface area contributed by atoms with Crippen molar-refractivity contribution in [3.05, 3.63) is 42.5 Å². The van der Waals surface area contributed by atoms with E-state index in [4.69, 9.17) is 10.5 Å². The number of amides is 1. The van der Waals surface area contributed by atoms with E-state index >= 15 is 0 Å². The summed E-state index contributed by atoms with van der Waals surface area (Å²) in [6.07, 6.45) is 2.92. The Bertz CT molecular complexity index is 511. The molecule has 94 valence electrons. The maximum Gasteiger partial charge on any atom is 0.269 e. The Balaban J connectivity index is 1.72. The molecule has 4 N–H and O–H groups in total. The molecule has 1 heterocycles. The van der Waals surface area contributed by atoms with Gasteiger partial charge in [0.2, 0.25) is 0 Å². The Hall–Kier alpha value is -2.50. The summed E-state index contributed by atoms with van der Waals surface area (Å²) < 4.78 is 5.43. The lowest BCUT2D eigenvalue weighted by molar-refractivity contribution is 0.0942. The number of H-pyrrole nitrogens is 1. The first-order chi connectivity index (χ1) is 8.75. The summed E-state index contributed by atoms with van der Waals surface area (Å²) in [4.78, 5) is 18.0. The van der Waals surface area contributed by atoms with Gasteiger partial charge in [-0.25, -0.2) is 4.98 Å². The predicted molar refractivity (Wildman–Crippen MR) is 67.3 cm³/mol. The molecule has 0 aliphatic heterocycles. The summed E-state index contributed by atoms with van der Waals surface area (Å²) in [5.74, 6) is 0.481. The third-order valence-electron chi connectivity index (χ3n) is 2.26. The normalized spacial score (nSPS) is 10.0. The van der Waals surface area contributed by atoms with Crippen LogP contribution in [0.3, 0.4) is 0 Å². The quantitative estimate of drug-likeness (QED) is 0.537. The van der Waals surface area contributed by atoms with Crippen molar-refractivity contribution < 1.29 is 9.53 Å². The number of nitrogens with two attached hydrogens (primary N) is 1. The highest BCUT2D eigenvalue weighted by Crippen LogP contribution is 2.13. The van der Waals surface area contributed by atoms with E-state index < -0.39 is 0 Å². The highest BCUT2D eigenvalue weighted by atomic mass is 16.5. The van der Waals surface area contributed by atoms with Gasteiger partial charge >= 0.3 is 0 Å². The standard InChI is InChI=1S/C12H14N4O2/c13-9-2-1-3-10(6-9)18-5-4-15-12(17)11-7-14-8-16-11/h1-3,6-8H,4-5,13H2,(H,14,16)(H,15,17). The molecule has 0 radical (unpaired) electrons. The van der Waals surface area contributed by atoms with Gasteiger partial charge in [-0.05, 0) is 12.1 Å². The number of rotatable bonds is 5. The van der Waals surface area contributed by atoms with Crippen LogP contribution in [0.2, 0.25) is 0 Å². The SMILES string of the molecule is Nc1cccc(OCCNC(=O)c2cnc[nH]2)c1. The van der Waals surface area contributed by atoms with Gasteiger partial charge in [-0.15, -0.1) is 0 Å². The average Bonchev–Trinajstić information content (AvgIpc) is 2.88. The Morgan fingerprint density at radius 2 is 2.39 bits per heavy atom. The predicted octanol–water partition coefficient (Wildman–Crippen LogP) is 0.801. The molecule has 1 amide bonds. The third kappa shape index (κ3) is 3.24. The Morgan fingerprint density at radius 3 is 3.11 bits per heavy atom. The highest BCUT2D eigenvalue weighted by molar-refractivity contribution is 5.91. The lowest BCUT2D eigenvalue weighted by Gasteiger charge is -2.07. The minimum Gasteiger partial charge on any atom is -0.492 e. The molecule has 6 nitrogen and oxygen atoms in total. The number of carbonyl (C=O) groups excluding carboxylic acids is 1. The Kier molecular flexibility index (Phi) is 3.80. The number of hydrogen-bond donors (Lipinski definition) is 3. The summed E-state index contributed by atoms with van der Waals surface area (Å²) in [5.41, 5.74) is 6.69. The largest absolute Gasteiger partial charge is 0.492 e. The molecule has 1 aromatic carbocycles. The van der Waals surface area contributed by atoms with Crippen molar-refractivity contribution in [2.24, 2.45) is 0 Å². The zero-order valence-corrected chi connectivity index (χ0v) is 9.72. The van der Waals surface area contributed by atoms with Gasteiger partial charge in [-0.3, -0.25) is 4.79 Å². The number of nitrogens with one attached hydrogen (secondary N) is 2. The fourth-order valence-corrected chi connectivity index (χ4v) is 1.41. The minimum absolute atomic E-state index is 0.205. The van der Waals surface area contributed by atoms with Crippen LogP contribution in [0.4, 0.5) is 5.69 Å². The van der Waals surface area contributed by atoms with E-state index in [0.717, 1.165) is 0 Å². The number of nitrogen functional groups attached to an aromatic ring is 1. The molecule has 2 aromatic rings. The first-order valence-electron chi connectivity index (χ1n) is 5.50. The van der Waals surface area contributed by atoms with Gasteiger partial charge in [0.15, 0.2) is 0 Å². The number of benzene rings is 1. The summed E-state index contributed by atoms with van der Waals surface area (Å²) >= 11 is 0. The third-order valence-corrected chi connectivity index (χ3v) is 2.26. The molecule has 0 saturated heterocycles. The van der Waals surface area contributed by atoms with Gasteiger partial charge < -0.3 is 20.8 Å². The Morgan fingerprint density at radius 1 is 1.50 bits per heavy atom. The number of aromatic nitrogens is 2. The van der Waals surface area contributed by atoms with E-state index in [9.17, 15) is 4.79 Å². The van der Waals surface area contributed by atoms with E-state index in [1.54, 1.807) is 12.1 Å². The molecule has 0 aliphatic carbocycles. The van der Waals surface area contributed by atoms with Crippen LogP contribution in [-0.4, -0.2) is 29.0 Å². The van der Waals surface area contributed by atoms with Gasteiger partial charge in [0.1, 0.15) is 18.1 Å². The smallest absolute Gasteiger partial charge is 0.269 e. The molecule has 18 heavy (non-hydrogen) atoms. The minimum atomic E-state index is -0.205. The second kappa shape index (κ2) is 5.72. The van der Waals surface area contributed by atoms with Crippen LogP contribution >= 0.6 is 0 Å². The van der Waals surface area contributed by atoms with Crippen molar-refractivity contribution in [3.63, 3.8) is 0 Å². The maximum absolute atomic E-state index is 11.5. The van der Waals surface area contributed by atoms with Gasteiger partial charge in [-0.1, -0.05) is 6.07 Å². The summed E-state index contributed by atoms with van der Waals surface area (Å²) in [7, 11) is 0. The number of anilines is 1. The van der Waals surface area contributed by atoms with Gasteiger partial charge in [0.25, 0.3) is 5.91 Å². The molecular formula is C12H14N4O2. The average molecular weight is 246 g/mol. The number of nitrogens with zero attached hydrogens (tertiary/aromatic N) is 1. The molecule has 0 atom stereocenters. The lowest BCUT2D eigenvalue weighted by atomic mass is 10.3. The van der Waals surface area contributed by atoms with Crippen LogP contribution in [0.1, 0.15) is 10.5 Å². The molecular weight excluding hydrogens is 232 g/mol. The van der Waals surface area contributed by atoms with Crippen LogP contribution in [0.25, 0.3) is 0 Å². The van der Waals surface area contributed by atoms with E-state index in [2.05, 4.69) is 15.3 Å².